The highest BCUT2D eigenvalue weighted by Crippen LogP contribution is 2.28. The summed E-state index contributed by atoms with van der Waals surface area (Å²) in [5.74, 6) is 0. The Bertz CT molecular complexity index is 262. The molecule has 1 aromatic carbocycles. The molecule has 2 rings (SSSR count). The SMILES string of the molecule is Brc1ccc([C@H]2CCCCO2)cc1. The van der Waals surface area contributed by atoms with Crippen LogP contribution in [0.3, 0.4) is 0 Å². The van der Waals surface area contributed by atoms with Gasteiger partial charge in [-0.3, -0.25) is 0 Å². The maximum Gasteiger partial charge on any atom is 0.0824 e. The molecule has 1 fully saturated rings. The summed E-state index contributed by atoms with van der Waals surface area (Å²) in [6.07, 6.45) is 4.01. The Balaban J connectivity index is 2.10. The fraction of sp³-hybridized carbons (Fsp3) is 0.455. The Labute approximate surface area is 87.2 Å². The lowest BCUT2D eigenvalue weighted by Crippen LogP contribution is -2.11. The summed E-state index contributed by atoms with van der Waals surface area (Å²) in [5.41, 5.74) is 1.31. The van der Waals surface area contributed by atoms with Crippen molar-refractivity contribution in [3.05, 3.63) is 34.3 Å². The standard InChI is InChI=1S/C11H13BrO/c12-10-6-4-9(5-7-10)11-3-1-2-8-13-11/h4-7,11H,1-3,8H2/t11-/m1/s1. The van der Waals surface area contributed by atoms with E-state index in [-0.39, 0.29) is 0 Å². The predicted octanol–water partition coefficient (Wildman–Crippen LogP) is 3.69. The number of hydrogen-bond donors (Lipinski definition) is 0. The highest BCUT2D eigenvalue weighted by Gasteiger charge is 2.15. The summed E-state index contributed by atoms with van der Waals surface area (Å²) in [6.45, 7) is 0.917. The number of hydrogen-bond acceptors (Lipinski definition) is 1. The van der Waals surface area contributed by atoms with Gasteiger partial charge < -0.3 is 4.74 Å². The molecule has 0 aliphatic carbocycles. The van der Waals surface area contributed by atoms with Crippen molar-refractivity contribution in [3.63, 3.8) is 0 Å². The lowest BCUT2D eigenvalue weighted by Gasteiger charge is -2.22. The third-order valence-electron chi connectivity index (χ3n) is 2.42. The lowest BCUT2D eigenvalue weighted by atomic mass is 10.0. The Morgan fingerprint density at radius 3 is 2.54 bits per heavy atom. The molecule has 13 heavy (non-hydrogen) atoms. The zero-order chi connectivity index (χ0) is 9.10. The van der Waals surface area contributed by atoms with Crippen LogP contribution in [0.1, 0.15) is 30.9 Å². The van der Waals surface area contributed by atoms with E-state index in [0.717, 1.165) is 11.1 Å². The fourth-order valence-electron chi connectivity index (χ4n) is 1.68. The van der Waals surface area contributed by atoms with Crippen LogP contribution in [0.2, 0.25) is 0 Å². The Morgan fingerprint density at radius 1 is 1.15 bits per heavy atom. The molecule has 1 heterocycles. The average molecular weight is 241 g/mol. The van der Waals surface area contributed by atoms with Gasteiger partial charge in [0.1, 0.15) is 0 Å². The molecule has 1 saturated heterocycles. The number of ether oxygens (including phenoxy) is 1. The van der Waals surface area contributed by atoms with Gasteiger partial charge in [0.2, 0.25) is 0 Å². The molecule has 1 aliphatic rings. The second-order valence-electron chi connectivity index (χ2n) is 3.41. The van der Waals surface area contributed by atoms with Crippen LogP contribution in [0.15, 0.2) is 28.7 Å². The van der Waals surface area contributed by atoms with E-state index in [9.17, 15) is 0 Å². The molecular weight excluding hydrogens is 228 g/mol. The minimum Gasteiger partial charge on any atom is -0.374 e. The van der Waals surface area contributed by atoms with Crippen molar-refractivity contribution >= 4 is 15.9 Å². The maximum atomic E-state index is 5.69. The molecule has 1 aromatic rings. The molecule has 1 atom stereocenters. The highest BCUT2D eigenvalue weighted by atomic mass is 79.9. The van der Waals surface area contributed by atoms with Crippen LogP contribution < -0.4 is 0 Å². The summed E-state index contributed by atoms with van der Waals surface area (Å²) < 4.78 is 6.82. The molecule has 0 bridgehead atoms. The van der Waals surface area contributed by atoms with Crippen LogP contribution in [-0.2, 0) is 4.74 Å². The molecule has 0 spiro atoms. The third kappa shape index (κ3) is 2.32. The van der Waals surface area contributed by atoms with Crippen molar-refractivity contribution in [2.45, 2.75) is 25.4 Å². The molecule has 0 amide bonds. The number of rotatable bonds is 1. The first kappa shape index (κ1) is 9.22. The van der Waals surface area contributed by atoms with Crippen LogP contribution in [0.25, 0.3) is 0 Å². The summed E-state index contributed by atoms with van der Waals surface area (Å²) in [5, 5.41) is 0. The maximum absolute atomic E-state index is 5.69. The van der Waals surface area contributed by atoms with E-state index < -0.39 is 0 Å². The zero-order valence-corrected chi connectivity index (χ0v) is 9.09. The Kier molecular flexibility index (Phi) is 3.01. The second-order valence-corrected chi connectivity index (χ2v) is 4.32. The van der Waals surface area contributed by atoms with Crippen LogP contribution in [-0.4, -0.2) is 6.61 Å². The quantitative estimate of drug-likeness (QED) is 0.728. The molecule has 1 nitrogen and oxygen atoms in total. The van der Waals surface area contributed by atoms with Gasteiger partial charge in [-0.2, -0.15) is 0 Å². The van der Waals surface area contributed by atoms with E-state index in [2.05, 4.69) is 40.2 Å². The molecular formula is C11H13BrO. The van der Waals surface area contributed by atoms with E-state index in [1.165, 1.54) is 24.8 Å². The van der Waals surface area contributed by atoms with E-state index in [1.807, 2.05) is 0 Å². The summed E-state index contributed by atoms with van der Waals surface area (Å²) in [4.78, 5) is 0. The highest BCUT2D eigenvalue weighted by molar-refractivity contribution is 9.10. The summed E-state index contributed by atoms with van der Waals surface area (Å²) >= 11 is 3.43. The lowest BCUT2D eigenvalue weighted by molar-refractivity contribution is 0.0149. The van der Waals surface area contributed by atoms with Crippen molar-refractivity contribution in [2.75, 3.05) is 6.61 Å². The van der Waals surface area contributed by atoms with Gasteiger partial charge in [0.05, 0.1) is 6.10 Å². The van der Waals surface area contributed by atoms with Crippen molar-refractivity contribution in [2.24, 2.45) is 0 Å². The minimum atomic E-state index is 0.335. The predicted molar refractivity (Wildman–Crippen MR) is 56.7 cm³/mol. The van der Waals surface area contributed by atoms with E-state index in [0.29, 0.717) is 6.10 Å². The topological polar surface area (TPSA) is 9.23 Å². The van der Waals surface area contributed by atoms with Gasteiger partial charge in [-0.15, -0.1) is 0 Å². The van der Waals surface area contributed by atoms with Gasteiger partial charge in [0, 0.05) is 11.1 Å². The normalized spacial score (nSPS) is 23.0. The first-order valence-electron chi connectivity index (χ1n) is 4.73. The van der Waals surface area contributed by atoms with E-state index in [4.69, 9.17) is 4.74 Å². The van der Waals surface area contributed by atoms with Gasteiger partial charge in [0.25, 0.3) is 0 Å². The zero-order valence-electron chi connectivity index (χ0n) is 7.50. The first-order chi connectivity index (χ1) is 6.36. The Morgan fingerprint density at radius 2 is 1.92 bits per heavy atom. The molecule has 1 aliphatic heterocycles. The van der Waals surface area contributed by atoms with Crippen LogP contribution in [0.5, 0.6) is 0 Å². The number of benzene rings is 1. The number of halogens is 1. The van der Waals surface area contributed by atoms with Crippen molar-refractivity contribution < 1.29 is 4.74 Å². The van der Waals surface area contributed by atoms with Gasteiger partial charge >= 0.3 is 0 Å². The molecule has 0 saturated carbocycles. The average Bonchev–Trinajstić information content (AvgIpc) is 2.20. The van der Waals surface area contributed by atoms with Crippen LogP contribution >= 0.6 is 15.9 Å². The van der Waals surface area contributed by atoms with E-state index in [1.54, 1.807) is 0 Å². The molecule has 0 radical (unpaired) electrons. The van der Waals surface area contributed by atoms with Gasteiger partial charge in [-0.05, 0) is 37.0 Å². The van der Waals surface area contributed by atoms with Crippen LogP contribution in [0, 0.1) is 0 Å². The largest absolute Gasteiger partial charge is 0.374 e. The monoisotopic (exact) mass is 240 g/mol. The molecule has 0 unspecified atom stereocenters. The van der Waals surface area contributed by atoms with Crippen molar-refractivity contribution in [1.82, 2.24) is 0 Å². The van der Waals surface area contributed by atoms with E-state index >= 15 is 0 Å². The summed E-state index contributed by atoms with van der Waals surface area (Å²) in [6, 6.07) is 8.43. The van der Waals surface area contributed by atoms with Crippen molar-refractivity contribution in [3.8, 4) is 0 Å². The van der Waals surface area contributed by atoms with Gasteiger partial charge in [0.15, 0.2) is 0 Å². The minimum absolute atomic E-state index is 0.335. The molecule has 0 aromatic heterocycles. The molecule has 0 N–H and O–H groups in total. The molecule has 70 valence electrons. The smallest absolute Gasteiger partial charge is 0.0824 e. The van der Waals surface area contributed by atoms with Gasteiger partial charge in [-0.25, -0.2) is 0 Å². The Hall–Kier alpha value is -0.340. The second kappa shape index (κ2) is 4.25. The third-order valence-corrected chi connectivity index (χ3v) is 2.95. The van der Waals surface area contributed by atoms with Gasteiger partial charge in [-0.1, -0.05) is 28.1 Å². The van der Waals surface area contributed by atoms with Crippen LogP contribution in [0.4, 0.5) is 0 Å². The van der Waals surface area contributed by atoms with Crippen molar-refractivity contribution in [1.29, 1.82) is 0 Å². The molecule has 2 heteroatoms. The fourth-order valence-corrected chi connectivity index (χ4v) is 1.95. The summed E-state index contributed by atoms with van der Waals surface area (Å²) in [7, 11) is 0. The first-order valence-corrected chi connectivity index (χ1v) is 5.52.